The highest BCUT2D eigenvalue weighted by Gasteiger charge is 2.47. The predicted octanol–water partition coefficient (Wildman–Crippen LogP) is 8.50. The zero-order valence-electron chi connectivity index (χ0n) is 24.4. The van der Waals surface area contributed by atoms with Gasteiger partial charge in [0.25, 0.3) is 0 Å². The van der Waals surface area contributed by atoms with E-state index in [0.717, 1.165) is 38.9 Å². The highest BCUT2D eigenvalue weighted by Crippen LogP contribution is 2.44. The van der Waals surface area contributed by atoms with Crippen molar-refractivity contribution in [2.45, 2.75) is 65.2 Å². The first-order chi connectivity index (χ1) is 19.0. The number of nitrogens with zero attached hydrogens (tertiary/aromatic N) is 2. The molecule has 0 N–H and O–H groups in total. The molecule has 2 heteroatoms. The third-order valence-corrected chi connectivity index (χ3v) is 8.82. The van der Waals surface area contributed by atoms with Crippen LogP contribution in [-0.4, -0.2) is 34.8 Å². The molecule has 0 saturated carbocycles. The quantitative estimate of drug-likeness (QED) is 0.244. The fourth-order valence-electron chi connectivity index (χ4n) is 6.95. The van der Waals surface area contributed by atoms with Gasteiger partial charge in [-0.25, -0.2) is 0 Å². The summed E-state index contributed by atoms with van der Waals surface area (Å²) in [5.74, 6) is 0. The summed E-state index contributed by atoms with van der Waals surface area (Å²) in [4.78, 5) is 2.63. The molecule has 0 amide bonds. The molecule has 0 bridgehead atoms. The zero-order chi connectivity index (χ0) is 27.3. The predicted molar refractivity (Wildman–Crippen MR) is 166 cm³/mol. The lowest BCUT2D eigenvalue weighted by Gasteiger charge is -2.29. The minimum absolute atomic E-state index is 0.0752. The van der Waals surface area contributed by atoms with Crippen LogP contribution in [0.2, 0.25) is 0 Å². The van der Waals surface area contributed by atoms with Crippen LogP contribution < -0.4 is 0 Å². The zero-order valence-corrected chi connectivity index (χ0v) is 24.4. The van der Waals surface area contributed by atoms with Crippen molar-refractivity contribution in [2.75, 3.05) is 19.6 Å². The molecule has 2 atom stereocenters. The third-order valence-electron chi connectivity index (χ3n) is 8.82. The fraction of sp³-hybridized carbons (Fsp3) is 0.378. The van der Waals surface area contributed by atoms with Crippen LogP contribution in [0.15, 0.2) is 109 Å². The molecular formula is C37H45N2+. The SMILES string of the molecule is CCCN1CCC(C)(Cc2ccccc2)/C1=C\C=C\C1=[N+](CCC)c2ccccc2C1(C)Cc1ccccc1. The fourth-order valence-corrected chi connectivity index (χ4v) is 6.95. The maximum atomic E-state index is 2.63. The van der Waals surface area contributed by atoms with Gasteiger partial charge in [-0.2, -0.15) is 4.58 Å². The lowest BCUT2D eigenvalue weighted by molar-refractivity contribution is -0.437. The van der Waals surface area contributed by atoms with Crippen LogP contribution in [0.1, 0.15) is 63.6 Å². The largest absolute Gasteiger partial charge is 0.374 e. The van der Waals surface area contributed by atoms with Crippen LogP contribution in [0.4, 0.5) is 5.69 Å². The average Bonchev–Trinajstić information content (AvgIpc) is 3.37. The lowest BCUT2D eigenvalue weighted by Crippen LogP contribution is -2.33. The molecule has 0 radical (unpaired) electrons. The number of allylic oxidation sites excluding steroid dienone is 4. The van der Waals surface area contributed by atoms with Gasteiger partial charge in [-0.05, 0) is 49.8 Å². The van der Waals surface area contributed by atoms with E-state index >= 15 is 0 Å². The summed E-state index contributed by atoms with van der Waals surface area (Å²) in [6.07, 6.45) is 12.8. The minimum atomic E-state index is -0.0752. The topological polar surface area (TPSA) is 6.25 Å². The van der Waals surface area contributed by atoms with Gasteiger partial charge in [-0.15, -0.1) is 0 Å². The summed E-state index contributed by atoms with van der Waals surface area (Å²) in [6.45, 7) is 12.8. The van der Waals surface area contributed by atoms with Crippen molar-refractivity contribution in [1.29, 1.82) is 0 Å². The Kier molecular flexibility index (Phi) is 8.21. The van der Waals surface area contributed by atoms with Gasteiger partial charge in [-0.1, -0.05) is 106 Å². The number of fused-ring (bicyclic) bond motifs is 1. The summed E-state index contributed by atoms with van der Waals surface area (Å²) in [5, 5.41) is 0. The standard InChI is InChI=1S/C37H45N2/c1-5-25-38-27-24-36(3,28-30-16-9-7-10-17-30)34(38)22-15-23-35-37(4,29-31-18-11-8-12-19-31)32-20-13-14-21-33(32)39(35)26-6-2/h7-23H,5-6,24-29H2,1-4H3/q+1. The first-order valence-electron chi connectivity index (χ1n) is 14.9. The van der Waals surface area contributed by atoms with Gasteiger partial charge in [0.1, 0.15) is 6.54 Å². The molecule has 0 aromatic heterocycles. The molecule has 3 aromatic rings. The van der Waals surface area contributed by atoms with Gasteiger partial charge in [0.15, 0.2) is 5.71 Å². The Morgan fingerprint density at radius 3 is 2.10 bits per heavy atom. The molecule has 2 nitrogen and oxygen atoms in total. The number of para-hydroxylation sites is 1. The molecule has 202 valence electrons. The molecule has 2 aliphatic rings. The summed E-state index contributed by atoms with van der Waals surface area (Å²) in [6, 6.07) is 31.1. The van der Waals surface area contributed by atoms with E-state index in [4.69, 9.17) is 0 Å². The van der Waals surface area contributed by atoms with Crippen molar-refractivity contribution in [3.63, 3.8) is 0 Å². The van der Waals surface area contributed by atoms with E-state index < -0.39 is 0 Å². The van der Waals surface area contributed by atoms with Crippen LogP contribution in [0, 0.1) is 5.41 Å². The molecule has 1 fully saturated rings. The van der Waals surface area contributed by atoms with Crippen LogP contribution in [0.5, 0.6) is 0 Å². The lowest BCUT2D eigenvalue weighted by atomic mass is 9.74. The second kappa shape index (κ2) is 11.8. The Morgan fingerprint density at radius 2 is 1.44 bits per heavy atom. The Labute approximate surface area is 236 Å². The summed E-state index contributed by atoms with van der Waals surface area (Å²) >= 11 is 0. The molecule has 2 heterocycles. The van der Waals surface area contributed by atoms with Gasteiger partial charge < -0.3 is 4.90 Å². The average molecular weight is 518 g/mol. The summed E-state index contributed by atoms with van der Waals surface area (Å²) in [5.41, 5.74) is 8.61. The molecular weight excluding hydrogens is 472 g/mol. The second-order valence-electron chi connectivity index (χ2n) is 11.9. The summed E-state index contributed by atoms with van der Waals surface area (Å²) in [7, 11) is 0. The third kappa shape index (κ3) is 5.53. The van der Waals surface area contributed by atoms with Crippen LogP contribution >= 0.6 is 0 Å². The number of hydrogen-bond acceptors (Lipinski definition) is 1. The number of hydrogen-bond donors (Lipinski definition) is 0. The number of benzene rings is 3. The van der Waals surface area contributed by atoms with E-state index in [2.05, 4.69) is 140 Å². The Morgan fingerprint density at radius 1 is 0.795 bits per heavy atom. The first-order valence-corrected chi connectivity index (χ1v) is 14.9. The van der Waals surface area contributed by atoms with Gasteiger partial charge >= 0.3 is 0 Å². The molecule has 2 unspecified atom stereocenters. The van der Waals surface area contributed by atoms with E-state index in [9.17, 15) is 0 Å². The van der Waals surface area contributed by atoms with Crippen molar-refractivity contribution in [3.05, 3.63) is 126 Å². The van der Waals surface area contributed by atoms with Gasteiger partial charge in [0.2, 0.25) is 5.69 Å². The molecule has 3 aromatic carbocycles. The first kappa shape index (κ1) is 27.2. The highest BCUT2D eigenvalue weighted by atomic mass is 15.2. The van der Waals surface area contributed by atoms with E-state index in [1.54, 1.807) is 0 Å². The van der Waals surface area contributed by atoms with E-state index in [0.29, 0.717) is 0 Å². The van der Waals surface area contributed by atoms with Crippen molar-refractivity contribution < 1.29 is 4.58 Å². The molecule has 2 aliphatic heterocycles. The molecule has 0 aliphatic carbocycles. The van der Waals surface area contributed by atoms with Crippen LogP contribution in [0.25, 0.3) is 0 Å². The second-order valence-corrected chi connectivity index (χ2v) is 11.9. The van der Waals surface area contributed by atoms with E-state index in [-0.39, 0.29) is 10.8 Å². The van der Waals surface area contributed by atoms with Crippen molar-refractivity contribution in [3.8, 4) is 0 Å². The Hall–Kier alpha value is -3.39. The molecule has 5 rings (SSSR count). The highest BCUT2D eigenvalue weighted by molar-refractivity contribution is 6.03. The van der Waals surface area contributed by atoms with Crippen molar-refractivity contribution in [2.24, 2.45) is 5.41 Å². The molecule has 0 spiro atoms. The number of rotatable bonds is 10. The Balaban J connectivity index is 1.54. The van der Waals surface area contributed by atoms with Gasteiger partial charge in [-0.3, -0.25) is 0 Å². The maximum absolute atomic E-state index is 2.63. The maximum Gasteiger partial charge on any atom is 0.209 e. The van der Waals surface area contributed by atoms with Crippen molar-refractivity contribution in [1.82, 2.24) is 4.90 Å². The summed E-state index contributed by atoms with van der Waals surface area (Å²) < 4.78 is 2.58. The molecule has 1 saturated heterocycles. The van der Waals surface area contributed by atoms with Crippen LogP contribution in [0.3, 0.4) is 0 Å². The van der Waals surface area contributed by atoms with Gasteiger partial charge in [0.05, 0.1) is 5.41 Å². The normalized spacial score (nSPS) is 23.8. The van der Waals surface area contributed by atoms with Crippen LogP contribution in [-0.2, 0) is 18.3 Å². The Bertz CT molecular complexity index is 1350. The van der Waals surface area contributed by atoms with Gasteiger partial charge in [0, 0.05) is 48.3 Å². The minimum Gasteiger partial charge on any atom is -0.374 e. The smallest absolute Gasteiger partial charge is 0.209 e. The van der Waals surface area contributed by atoms with E-state index in [1.165, 1.54) is 46.6 Å². The number of likely N-dealkylation sites (tertiary alicyclic amines) is 1. The van der Waals surface area contributed by atoms with Crippen molar-refractivity contribution >= 4 is 11.4 Å². The monoisotopic (exact) mass is 517 g/mol. The molecule has 39 heavy (non-hydrogen) atoms. The van der Waals surface area contributed by atoms with E-state index in [1.807, 2.05) is 0 Å².